The lowest BCUT2D eigenvalue weighted by atomic mass is 10.2. The van der Waals surface area contributed by atoms with E-state index >= 15 is 0 Å². The predicted octanol–water partition coefficient (Wildman–Crippen LogP) is 1.78. The first-order chi connectivity index (χ1) is 6.74. The molecule has 5 heteroatoms. The number of nitrogens with zero attached hydrogens (tertiary/aromatic N) is 1. The van der Waals surface area contributed by atoms with Gasteiger partial charge < -0.3 is 4.98 Å². The average molecular weight is 191 g/mol. The molecular weight excluding hydrogens is 184 g/mol. The van der Waals surface area contributed by atoms with Crippen molar-refractivity contribution in [1.29, 1.82) is 0 Å². The number of fused-ring (bicyclic) bond motifs is 1. The number of carbonyl (C=O) groups is 1. The second kappa shape index (κ2) is 2.95. The molecule has 0 radical (unpaired) electrons. The van der Waals surface area contributed by atoms with Crippen molar-refractivity contribution in [2.75, 3.05) is 0 Å². The summed E-state index contributed by atoms with van der Waals surface area (Å²) < 4.78 is 0. The number of rotatable bonds is 2. The first-order valence-corrected chi connectivity index (χ1v) is 3.95. The molecule has 0 amide bonds. The largest absolute Gasteiger partial charge is 0.355 e. The SMILES string of the molecule is O=Cc1c[nH]c2c([N+](=O)O)cccc12. The number of H-pyrrole nitrogens is 1. The second-order valence-corrected chi connectivity index (χ2v) is 2.83. The molecule has 0 aliphatic heterocycles. The highest BCUT2D eigenvalue weighted by Gasteiger charge is 2.18. The van der Waals surface area contributed by atoms with Gasteiger partial charge in [0.05, 0.1) is 4.91 Å². The van der Waals surface area contributed by atoms with Gasteiger partial charge in [-0.1, -0.05) is 12.1 Å². The van der Waals surface area contributed by atoms with Gasteiger partial charge in [-0.2, -0.15) is 0 Å². The van der Waals surface area contributed by atoms with Crippen LogP contribution in [0.3, 0.4) is 0 Å². The molecular formula is C9H7N2O3+. The van der Waals surface area contributed by atoms with Crippen molar-refractivity contribution in [2.24, 2.45) is 0 Å². The fourth-order valence-corrected chi connectivity index (χ4v) is 1.42. The van der Waals surface area contributed by atoms with E-state index in [2.05, 4.69) is 4.98 Å². The molecule has 5 nitrogen and oxygen atoms in total. The number of aldehydes is 1. The molecule has 0 saturated heterocycles. The number of aromatic nitrogens is 1. The Labute approximate surface area is 78.5 Å². The highest BCUT2D eigenvalue weighted by Crippen LogP contribution is 2.25. The highest BCUT2D eigenvalue weighted by molar-refractivity contribution is 6.00. The summed E-state index contributed by atoms with van der Waals surface area (Å²) in [6, 6.07) is 4.75. The molecule has 1 heterocycles. The normalized spacial score (nSPS) is 10.3. The van der Waals surface area contributed by atoms with Gasteiger partial charge in [0.15, 0.2) is 6.29 Å². The molecule has 70 valence electrons. The van der Waals surface area contributed by atoms with Crippen LogP contribution in [0, 0.1) is 4.91 Å². The first kappa shape index (κ1) is 8.43. The van der Waals surface area contributed by atoms with E-state index in [0.29, 0.717) is 22.8 Å². The fourth-order valence-electron chi connectivity index (χ4n) is 1.42. The average Bonchev–Trinajstić information content (AvgIpc) is 2.59. The van der Waals surface area contributed by atoms with Gasteiger partial charge in [-0.3, -0.25) is 4.79 Å². The lowest BCUT2D eigenvalue weighted by molar-refractivity contribution is -0.728. The van der Waals surface area contributed by atoms with Gasteiger partial charge in [0, 0.05) is 23.2 Å². The minimum atomic E-state index is -0.229. The lowest BCUT2D eigenvalue weighted by Crippen LogP contribution is -1.92. The zero-order chi connectivity index (χ0) is 10.1. The molecule has 1 aromatic carbocycles. The summed E-state index contributed by atoms with van der Waals surface area (Å²) >= 11 is 0. The monoisotopic (exact) mass is 191 g/mol. The minimum Gasteiger partial charge on any atom is -0.355 e. The quantitative estimate of drug-likeness (QED) is 0.561. The molecule has 2 N–H and O–H groups in total. The smallest absolute Gasteiger partial charge is 0.340 e. The minimum absolute atomic E-state index is 0.0931. The van der Waals surface area contributed by atoms with Crippen LogP contribution in [-0.2, 0) is 0 Å². The van der Waals surface area contributed by atoms with Crippen LogP contribution in [0.2, 0.25) is 0 Å². The molecule has 0 bridgehead atoms. The fraction of sp³-hybridized carbons (Fsp3) is 0. The summed E-state index contributed by atoms with van der Waals surface area (Å²) in [7, 11) is 0. The number of hydrogen-bond acceptors (Lipinski definition) is 2. The predicted molar refractivity (Wildman–Crippen MR) is 48.8 cm³/mol. The third-order valence-corrected chi connectivity index (χ3v) is 2.06. The Kier molecular flexibility index (Phi) is 1.78. The maximum Gasteiger partial charge on any atom is 0.340 e. The van der Waals surface area contributed by atoms with E-state index in [0.717, 1.165) is 0 Å². The molecule has 0 unspecified atom stereocenters. The molecule has 0 saturated carbocycles. The van der Waals surface area contributed by atoms with E-state index in [1.807, 2.05) is 0 Å². The number of aromatic amines is 1. The zero-order valence-corrected chi connectivity index (χ0v) is 7.10. The molecule has 0 spiro atoms. The van der Waals surface area contributed by atoms with Crippen LogP contribution in [0.5, 0.6) is 0 Å². The van der Waals surface area contributed by atoms with Gasteiger partial charge in [-0.05, 0) is 0 Å². The van der Waals surface area contributed by atoms with Crippen LogP contribution in [-0.4, -0.2) is 21.4 Å². The number of para-hydroxylation sites is 1. The summed E-state index contributed by atoms with van der Waals surface area (Å²) in [4.78, 5) is 23.8. The number of benzene rings is 1. The highest BCUT2D eigenvalue weighted by atomic mass is 16.6. The van der Waals surface area contributed by atoms with Crippen LogP contribution in [0.1, 0.15) is 10.4 Å². The summed E-state index contributed by atoms with van der Waals surface area (Å²) in [6.45, 7) is 0. The number of hydrogen-bond donors (Lipinski definition) is 2. The maximum atomic E-state index is 10.7. The summed E-state index contributed by atoms with van der Waals surface area (Å²) in [6.07, 6.45) is 2.18. The van der Waals surface area contributed by atoms with Crippen molar-refractivity contribution in [1.82, 2.24) is 4.98 Å². The molecule has 0 aliphatic carbocycles. The van der Waals surface area contributed by atoms with Crippen molar-refractivity contribution in [3.8, 4) is 0 Å². The third kappa shape index (κ3) is 1.06. The van der Waals surface area contributed by atoms with Gasteiger partial charge >= 0.3 is 5.69 Å². The van der Waals surface area contributed by atoms with Crippen LogP contribution in [0.4, 0.5) is 5.69 Å². The van der Waals surface area contributed by atoms with E-state index in [-0.39, 0.29) is 10.6 Å². The Hall–Kier alpha value is -2.17. The first-order valence-electron chi connectivity index (χ1n) is 3.95. The van der Waals surface area contributed by atoms with Gasteiger partial charge in [-0.25, -0.2) is 5.21 Å². The molecule has 0 fully saturated rings. The van der Waals surface area contributed by atoms with Gasteiger partial charge in [-0.15, -0.1) is 0 Å². The van der Waals surface area contributed by atoms with Crippen molar-refractivity contribution in [2.45, 2.75) is 0 Å². The van der Waals surface area contributed by atoms with Crippen molar-refractivity contribution < 1.29 is 14.9 Å². The van der Waals surface area contributed by atoms with Crippen molar-refractivity contribution in [3.63, 3.8) is 0 Å². The topological polar surface area (TPSA) is 73.2 Å². The van der Waals surface area contributed by atoms with Crippen LogP contribution >= 0.6 is 0 Å². The zero-order valence-electron chi connectivity index (χ0n) is 7.10. The van der Waals surface area contributed by atoms with Gasteiger partial charge in [0.2, 0.25) is 0 Å². The standard InChI is InChI=1S/C9H6N2O3/c12-5-6-4-10-9-7(6)2-1-3-8(9)11(13)14/h1-5H,(H-,10,12,13,14)/p+1. The number of carbonyl (C=O) groups excluding carboxylic acids is 1. The van der Waals surface area contributed by atoms with Crippen LogP contribution < -0.4 is 0 Å². The molecule has 2 rings (SSSR count). The molecule has 14 heavy (non-hydrogen) atoms. The van der Waals surface area contributed by atoms with Crippen LogP contribution in [0.25, 0.3) is 10.9 Å². The number of nitrogens with one attached hydrogen (secondary N) is 1. The van der Waals surface area contributed by atoms with E-state index in [4.69, 9.17) is 5.21 Å². The Bertz CT molecular complexity index is 516. The summed E-state index contributed by atoms with van der Waals surface area (Å²) in [5.41, 5.74) is 1.01. The third-order valence-electron chi connectivity index (χ3n) is 2.06. The second-order valence-electron chi connectivity index (χ2n) is 2.83. The Morgan fingerprint density at radius 2 is 2.21 bits per heavy atom. The van der Waals surface area contributed by atoms with Gasteiger partial charge in [0.1, 0.15) is 5.52 Å². The lowest BCUT2D eigenvalue weighted by Gasteiger charge is -1.89. The Balaban J connectivity index is 2.82. The Morgan fingerprint density at radius 1 is 1.43 bits per heavy atom. The molecule has 0 atom stereocenters. The Morgan fingerprint density at radius 3 is 2.86 bits per heavy atom. The van der Waals surface area contributed by atoms with E-state index in [1.54, 1.807) is 12.1 Å². The summed E-state index contributed by atoms with van der Waals surface area (Å²) in [5, 5.41) is 9.39. The van der Waals surface area contributed by atoms with Gasteiger partial charge in [0.25, 0.3) is 4.92 Å². The molecule has 2 aromatic rings. The summed E-state index contributed by atoms with van der Waals surface area (Å²) in [5.74, 6) is 0. The molecule has 0 aliphatic rings. The van der Waals surface area contributed by atoms with Crippen molar-refractivity contribution >= 4 is 22.9 Å². The maximum absolute atomic E-state index is 10.7. The van der Waals surface area contributed by atoms with E-state index < -0.39 is 0 Å². The van der Waals surface area contributed by atoms with E-state index in [9.17, 15) is 9.70 Å². The van der Waals surface area contributed by atoms with Crippen LogP contribution in [0.15, 0.2) is 24.4 Å². The van der Waals surface area contributed by atoms with E-state index in [1.165, 1.54) is 12.3 Å². The van der Waals surface area contributed by atoms with Crippen molar-refractivity contribution in [3.05, 3.63) is 34.9 Å². The molecule has 1 aromatic heterocycles.